The third-order valence-electron chi connectivity index (χ3n) is 1.69. The van der Waals surface area contributed by atoms with Crippen molar-refractivity contribution in [3.05, 3.63) is 0 Å². The zero-order valence-corrected chi connectivity index (χ0v) is 6.72. The largest absolute Gasteiger partial charge is 0.340 e. The first-order chi connectivity index (χ1) is 4.88. The smallest absolute Gasteiger partial charge is 0.126 e. The number of nitrogens with one attached hydrogen (secondary N) is 1. The van der Waals surface area contributed by atoms with Crippen LogP contribution in [0.2, 0.25) is 0 Å². The summed E-state index contributed by atoms with van der Waals surface area (Å²) in [6.07, 6.45) is 2.28. The Morgan fingerprint density at radius 3 is 3.00 bits per heavy atom. The summed E-state index contributed by atoms with van der Waals surface area (Å²) in [6.45, 7) is 6.28. The van der Waals surface area contributed by atoms with Crippen LogP contribution in [0.25, 0.3) is 0 Å². The van der Waals surface area contributed by atoms with Crippen molar-refractivity contribution in [1.82, 2.24) is 10.3 Å². The van der Waals surface area contributed by atoms with Gasteiger partial charge in [-0.2, -0.15) is 5.10 Å². The van der Waals surface area contributed by atoms with Crippen LogP contribution in [0.1, 0.15) is 26.7 Å². The lowest BCUT2D eigenvalue weighted by Gasteiger charge is -2.15. The predicted octanol–water partition coefficient (Wildman–Crippen LogP) is 0.983. The number of amidine groups is 1. The molecule has 0 bridgehead atoms. The summed E-state index contributed by atoms with van der Waals surface area (Å²) in [7, 11) is 0. The molecule has 0 unspecified atom stereocenters. The molecular formula is C7H15N3. The molecule has 10 heavy (non-hydrogen) atoms. The first kappa shape index (κ1) is 7.38. The number of hydrazone groups is 1. The second kappa shape index (κ2) is 3.44. The van der Waals surface area contributed by atoms with Gasteiger partial charge < -0.3 is 4.90 Å². The van der Waals surface area contributed by atoms with E-state index in [0.717, 1.165) is 19.6 Å². The van der Waals surface area contributed by atoms with Gasteiger partial charge in [0.05, 0.1) is 0 Å². The molecular weight excluding hydrogens is 126 g/mol. The number of nitrogens with zero attached hydrogens (tertiary/aromatic N) is 2. The summed E-state index contributed by atoms with van der Waals surface area (Å²) in [5.41, 5.74) is 2.97. The number of hydrogen-bond acceptors (Lipinski definition) is 3. The van der Waals surface area contributed by atoms with Crippen LogP contribution in [0.3, 0.4) is 0 Å². The number of rotatable bonds is 3. The van der Waals surface area contributed by atoms with Gasteiger partial charge in [-0.05, 0) is 13.3 Å². The van der Waals surface area contributed by atoms with E-state index >= 15 is 0 Å². The number of hydrogen-bond donors (Lipinski definition) is 1. The minimum Gasteiger partial charge on any atom is -0.340 e. The van der Waals surface area contributed by atoms with Crippen molar-refractivity contribution in [3.63, 3.8) is 0 Å². The Hall–Kier alpha value is -0.730. The van der Waals surface area contributed by atoms with Crippen molar-refractivity contribution in [2.24, 2.45) is 5.10 Å². The Morgan fingerprint density at radius 1 is 1.60 bits per heavy atom. The van der Waals surface area contributed by atoms with E-state index in [2.05, 4.69) is 29.3 Å². The Balaban J connectivity index is 2.40. The molecule has 3 nitrogen and oxygen atoms in total. The highest BCUT2D eigenvalue weighted by atomic mass is 15.5. The fraction of sp³-hybridized carbons (Fsp3) is 0.857. The first-order valence-corrected chi connectivity index (χ1v) is 3.92. The van der Waals surface area contributed by atoms with E-state index < -0.39 is 0 Å². The van der Waals surface area contributed by atoms with Gasteiger partial charge in [-0.15, -0.1) is 0 Å². The Kier molecular flexibility index (Phi) is 2.54. The average molecular weight is 141 g/mol. The Labute approximate surface area is 62.1 Å². The van der Waals surface area contributed by atoms with Crippen LogP contribution in [-0.4, -0.2) is 23.9 Å². The fourth-order valence-corrected chi connectivity index (χ4v) is 1.11. The van der Waals surface area contributed by atoms with E-state index in [0.29, 0.717) is 0 Å². The second-order valence-corrected chi connectivity index (χ2v) is 2.45. The topological polar surface area (TPSA) is 27.6 Å². The summed E-state index contributed by atoms with van der Waals surface area (Å²) in [5.74, 6) is 1.21. The van der Waals surface area contributed by atoms with E-state index in [4.69, 9.17) is 0 Å². The van der Waals surface area contributed by atoms with Crippen LogP contribution in [0.5, 0.6) is 0 Å². The predicted molar refractivity (Wildman–Crippen MR) is 42.7 cm³/mol. The van der Waals surface area contributed by atoms with Gasteiger partial charge in [0.1, 0.15) is 12.5 Å². The van der Waals surface area contributed by atoms with E-state index in [-0.39, 0.29) is 0 Å². The Morgan fingerprint density at radius 2 is 2.40 bits per heavy atom. The van der Waals surface area contributed by atoms with Crippen LogP contribution in [0.4, 0.5) is 0 Å². The lowest BCUT2D eigenvalue weighted by Crippen LogP contribution is -2.28. The van der Waals surface area contributed by atoms with Crippen molar-refractivity contribution in [2.45, 2.75) is 26.7 Å². The van der Waals surface area contributed by atoms with Crippen molar-refractivity contribution >= 4 is 5.84 Å². The molecule has 58 valence electrons. The zero-order valence-electron chi connectivity index (χ0n) is 6.72. The van der Waals surface area contributed by atoms with Gasteiger partial charge in [0.15, 0.2) is 0 Å². The molecule has 0 amide bonds. The summed E-state index contributed by atoms with van der Waals surface area (Å²) >= 11 is 0. The van der Waals surface area contributed by atoms with E-state index in [1.165, 1.54) is 12.3 Å². The third kappa shape index (κ3) is 1.40. The van der Waals surface area contributed by atoms with Gasteiger partial charge in [-0.1, -0.05) is 6.92 Å². The maximum atomic E-state index is 4.17. The molecule has 1 rings (SSSR count). The quantitative estimate of drug-likeness (QED) is 0.634. The highest BCUT2D eigenvalue weighted by Crippen LogP contribution is 2.02. The van der Waals surface area contributed by atoms with Crippen LogP contribution in [0, 0.1) is 0 Å². The SMILES string of the molecule is CCCC1=NNCN1CC. The first-order valence-electron chi connectivity index (χ1n) is 3.92. The third-order valence-corrected chi connectivity index (χ3v) is 1.69. The summed E-state index contributed by atoms with van der Waals surface area (Å²) < 4.78 is 0. The summed E-state index contributed by atoms with van der Waals surface area (Å²) in [4.78, 5) is 2.25. The van der Waals surface area contributed by atoms with Crippen molar-refractivity contribution in [3.8, 4) is 0 Å². The lowest BCUT2D eigenvalue weighted by molar-refractivity contribution is 0.439. The molecule has 1 heterocycles. The van der Waals surface area contributed by atoms with Gasteiger partial charge in [-0.25, -0.2) is 0 Å². The monoisotopic (exact) mass is 141 g/mol. The molecule has 0 atom stereocenters. The van der Waals surface area contributed by atoms with Crippen LogP contribution in [-0.2, 0) is 0 Å². The highest BCUT2D eigenvalue weighted by Gasteiger charge is 2.12. The molecule has 3 heteroatoms. The molecule has 1 aliphatic heterocycles. The van der Waals surface area contributed by atoms with Gasteiger partial charge in [0.2, 0.25) is 0 Å². The molecule has 1 N–H and O–H groups in total. The highest BCUT2D eigenvalue weighted by molar-refractivity contribution is 5.83. The van der Waals surface area contributed by atoms with Crippen LogP contribution < -0.4 is 5.43 Å². The van der Waals surface area contributed by atoms with E-state index in [1.807, 2.05) is 0 Å². The molecule has 0 saturated carbocycles. The van der Waals surface area contributed by atoms with Gasteiger partial charge >= 0.3 is 0 Å². The molecule has 0 fully saturated rings. The molecule has 0 saturated heterocycles. The normalized spacial score (nSPS) is 17.0. The molecule has 0 aromatic heterocycles. The molecule has 0 spiro atoms. The van der Waals surface area contributed by atoms with Gasteiger partial charge in [0.25, 0.3) is 0 Å². The summed E-state index contributed by atoms with van der Waals surface area (Å²) in [5, 5.41) is 4.17. The van der Waals surface area contributed by atoms with E-state index in [9.17, 15) is 0 Å². The van der Waals surface area contributed by atoms with Crippen LogP contribution >= 0.6 is 0 Å². The van der Waals surface area contributed by atoms with Crippen molar-refractivity contribution < 1.29 is 0 Å². The average Bonchev–Trinajstić information content (AvgIpc) is 2.36. The molecule has 0 aromatic carbocycles. The van der Waals surface area contributed by atoms with Crippen molar-refractivity contribution in [2.75, 3.05) is 13.2 Å². The zero-order chi connectivity index (χ0) is 7.40. The molecule has 1 aliphatic rings. The standard InChI is InChI=1S/C7H15N3/c1-3-5-7-9-8-6-10(7)4-2/h8H,3-6H2,1-2H3. The van der Waals surface area contributed by atoms with E-state index in [1.54, 1.807) is 0 Å². The molecule has 0 aliphatic carbocycles. The minimum atomic E-state index is 0.895. The maximum absolute atomic E-state index is 4.17. The second-order valence-electron chi connectivity index (χ2n) is 2.45. The Bertz CT molecular complexity index is 131. The molecule has 0 aromatic rings. The van der Waals surface area contributed by atoms with Crippen molar-refractivity contribution in [1.29, 1.82) is 0 Å². The van der Waals surface area contributed by atoms with Gasteiger partial charge in [-0.3, -0.25) is 5.43 Å². The maximum Gasteiger partial charge on any atom is 0.126 e. The van der Waals surface area contributed by atoms with Crippen LogP contribution in [0.15, 0.2) is 5.10 Å². The van der Waals surface area contributed by atoms with Gasteiger partial charge in [0, 0.05) is 13.0 Å². The molecule has 0 radical (unpaired) electrons. The summed E-state index contributed by atoms with van der Waals surface area (Å²) in [6, 6.07) is 0. The fourth-order valence-electron chi connectivity index (χ4n) is 1.11. The minimum absolute atomic E-state index is 0.895. The lowest BCUT2D eigenvalue weighted by atomic mass is 10.3.